The van der Waals surface area contributed by atoms with E-state index >= 15 is 0 Å². The zero-order valence-corrected chi connectivity index (χ0v) is 20.6. The minimum absolute atomic E-state index is 0.0128. The molecule has 2 heterocycles. The first kappa shape index (κ1) is 25.8. The smallest absolute Gasteiger partial charge is 0.270 e. The Balaban J connectivity index is 2.03. The molecule has 0 fully saturated rings. The summed E-state index contributed by atoms with van der Waals surface area (Å²) < 4.78 is 14.7. The van der Waals surface area contributed by atoms with Crippen molar-refractivity contribution >= 4 is 34.9 Å². The number of carbonyl (C=O) groups is 3. The maximum atomic E-state index is 13.8. The normalized spacial score (nSPS) is 11.8. The van der Waals surface area contributed by atoms with Crippen LogP contribution in [0, 0.1) is 5.92 Å². The highest BCUT2D eigenvalue weighted by molar-refractivity contribution is 7.09. The monoisotopic (exact) mass is 499 g/mol. The second-order valence-electron chi connectivity index (χ2n) is 8.31. The number of nitrogens with two attached hydrogens (primary N) is 2. The Morgan fingerprint density at radius 3 is 2.46 bits per heavy atom. The van der Waals surface area contributed by atoms with E-state index in [0.717, 1.165) is 23.5 Å². The van der Waals surface area contributed by atoms with Gasteiger partial charge >= 0.3 is 0 Å². The largest absolute Gasteiger partial charge is 0.497 e. The van der Waals surface area contributed by atoms with Crippen LogP contribution < -0.4 is 21.5 Å². The Bertz CT molecular complexity index is 1160. The Hall–Kier alpha value is -3.86. The molecule has 0 aliphatic carbocycles. The number of primary amides is 1. The van der Waals surface area contributed by atoms with E-state index in [1.54, 1.807) is 43.5 Å². The van der Waals surface area contributed by atoms with Crippen LogP contribution in [0.2, 0.25) is 0 Å². The third-order valence-electron chi connectivity index (χ3n) is 5.32. The van der Waals surface area contributed by atoms with Crippen LogP contribution in [0.15, 0.2) is 47.1 Å². The first-order valence-electron chi connectivity index (χ1n) is 11.0. The van der Waals surface area contributed by atoms with Crippen LogP contribution in [-0.2, 0) is 11.3 Å². The highest BCUT2D eigenvalue weighted by atomic mass is 32.1. The summed E-state index contributed by atoms with van der Waals surface area (Å²) in [4.78, 5) is 40.2. The molecular weight excluding hydrogens is 470 g/mol. The Kier molecular flexibility index (Phi) is 8.48. The Morgan fingerprint density at radius 1 is 1.20 bits per heavy atom. The van der Waals surface area contributed by atoms with Gasteiger partial charge in [0.05, 0.1) is 19.1 Å². The standard InChI is InChI=1S/C24H29N5O5S/c1-14(2)10-11-27-23(31)20(17-5-4-12-34-17)29(13-15-6-8-16(33-3)9-7-15)24(32)21-18(25)19(22(26)30)28-35-21/h4-9,12,14,20H,10-11,13,25H2,1-3H3,(H2,26,30)(H,27,31)/t20-/m0/s1. The van der Waals surface area contributed by atoms with E-state index in [-0.39, 0.29) is 28.6 Å². The van der Waals surface area contributed by atoms with Crippen molar-refractivity contribution in [2.75, 3.05) is 19.4 Å². The fourth-order valence-electron chi connectivity index (χ4n) is 3.42. The zero-order chi connectivity index (χ0) is 25.5. The molecule has 0 saturated heterocycles. The second kappa shape index (κ2) is 11.5. The van der Waals surface area contributed by atoms with Gasteiger partial charge in [-0.15, -0.1) is 0 Å². The highest BCUT2D eigenvalue weighted by Crippen LogP contribution is 2.30. The average molecular weight is 500 g/mol. The summed E-state index contributed by atoms with van der Waals surface area (Å²) in [6, 6.07) is 9.28. The van der Waals surface area contributed by atoms with E-state index in [0.29, 0.717) is 18.2 Å². The van der Waals surface area contributed by atoms with Crippen molar-refractivity contribution in [1.29, 1.82) is 0 Å². The molecule has 10 nitrogen and oxygen atoms in total. The van der Waals surface area contributed by atoms with Gasteiger partial charge in [-0.3, -0.25) is 14.4 Å². The van der Waals surface area contributed by atoms with Crippen LogP contribution in [0.1, 0.15) is 57.8 Å². The van der Waals surface area contributed by atoms with Crippen LogP contribution in [0.25, 0.3) is 0 Å². The molecule has 0 bridgehead atoms. The summed E-state index contributed by atoms with van der Waals surface area (Å²) in [5.41, 5.74) is 11.8. The molecule has 1 aromatic carbocycles. The van der Waals surface area contributed by atoms with Crippen molar-refractivity contribution in [3.05, 3.63) is 64.6 Å². The van der Waals surface area contributed by atoms with Crippen LogP contribution in [-0.4, -0.2) is 40.6 Å². The van der Waals surface area contributed by atoms with Gasteiger partial charge in [0.1, 0.15) is 16.4 Å². The summed E-state index contributed by atoms with van der Waals surface area (Å²) in [5, 5.41) is 2.90. The van der Waals surface area contributed by atoms with Gasteiger partial charge in [-0.1, -0.05) is 26.0 Å². The van der Waals surface area contributed by atoms with Crippen molar-refractivity contribution in [1.82, 2.24) is 14.6 Å². The molecule has 0 saturated carbocycles. The number of amides is 3. The number of hydrogen-bond donors (Lipinski definition) is 3. The number of nitrogens with zero attached hydrogens (tertiary/aromatic N) is 2. The fraction of sp³-hybridized carbons (Fsp3) is 0.333. The number of aromatic nitrogens is 1. The summed E-state index contributed by atoms with van der Waals surface area (Å²) in [6.07, 6.45) is 2.21. The lowest BCUT2D eigenvalue weighted by molar-refractivity contribution is -0.126. The molecular formula is C24H29N5O5S. The summed E-state index contributed by atoms with van der Waals surface area (Å²) in [7, 11) is 1.56. The lowest BCUT2D eigenvalue weighted by atomic mass is 10.1. The number of methoxy groups -OCH3 is 1. The van der Waals surface area contributed by atoms with Crippen LogP contribution in [0.3, 0.4) is 0 Å². The van der Waals surface area contributed by atoms with Gasteiger partial charge in [-0.2, -0.15) is 4.37 Å². The molecule has 3 aromatic rings. The van der Waals surface area contributed by atoms with Crippen LogP contribution >= 0.6 is 11.5 Å². The van der Waals surface area contributed by atoms with Gasteiger partial charge in [0.2, 0.25) is 0 Å². The molecule has 2 aromatic heterocycles. The van der Waals surface area contributed by atoms with E-state index < -0.39 is 23.8 Å². The number of carbonyl (C=O) groups excluding carboxylic acids is 3. The minimum atomic E-state index is -1.09. The molecule has 186 valence electrons. The number of nitrogen functional groups attached to an aromatic ring is 1. The molecule has 3 amide bonds. The van der Waals surface area contributed by atoms with Crippen LogP contribution in [0.5, 0.6) is 5.75 Å². The SMILES string of the molecule is COc1ccc(CN(C(=O)c2snc(C(N)=O)c2N)[C@H](C(=O)NCCC(C)C)c2ccco2)cc1. The summed E-state index contributed by atoms with van der Waals surface area (Å²) in [6.45, 7) is 4.60. The number of benzene rings is 1. The molecule has 35 heavy (non-hydrogen) atoms. The quantitative estimate of drug-likeness (QED) is 0.366. The van der Waals surface area contributed by atoms with Gasteiger partial charge in [0.25, 0.3) is 17.7 Å². The first-order chi connectivity index (χ1) is 16.7. The van der Waals surface area contributed by atoms with Gasteiger partial charge in [0.15, 0.2) is 11.7 Å². The fourth-order valence-corrected chi connectivity index (χ4v) is 4.18. The molecule has 3 rings (SSSR count). The number of ether oxygens (including phenoxy) is 1. The maximum Gasteiger partial charge on any atom is 0.270 e. The number of hydrogen-bond acceptors (Lipinski definition) is 8. The van der Waals surface area contributed by atoms with Crippen molar-refractivity contribution < 1.29 is 23.5 Å². The number of nitrogens with one attached hydrogen (secondary N) is 1. The molecule has 5 N–H and O–H groups in total. The van der Waals surface area contributed by atoms with Crippen molar-refractivity contribution in [3.8, 4) is 5.75 Å². The third kappa shape index (κ3) is 6.18. The predicted octanol–water partition coefficient (Wildman–Crippen LogP) is 2.97. The summed E-state index contributed by atoms with van der Waals surface area (Å²) in [5.74, 6) is -0.498. The topological polar surface area (TPSA) is 154 Å². The molecule has 1 atom stereocenters. The average Bonchev–Trinajstić information content (AvgIpc) is 3.48. The van der Waals surface area contributed by atoms with Crippen molar-refractivity contribution in [3.63, 3.8) is 0 Å². The van der Waals surface area contributed by atoms with E-state index in [4.69, 9.17) is 20.6 Å². The predicted molar refractivity (Wildman–Crippen MR) is 132 cm³/mol. The third-order valence-corrected chi connectivity index (χ3v) is 6.17. The van der Waals surface area contributed by atoms with Gasteiger partial charge in [-0.05, 0) is 53.7 Å². The lowest BCUT2D eigenvalue weighted by Crippen LogP contribution is -2.43. The molecule has 0 spiro atoms. The van der Waals surface area contributed by atoms with Gasteiger partial charge < -0.3 is 30.8 Å². The van der Waals surface area contributed by atoms with Gasteiger partial charge in [-0.25, -0.2) is 0 Å². The lowest BCUT2D eigenvalue weighted by Gasteiger charge is -2.30. The zero-order valence-electron chi connectivity index (χ0n) is 19.8. The molecule has 0 aliphatic heterocycles. The van der Waals surface area contributed by atoms with E-state index in [1.165, 1.54) is 11.2 Å². The Morgan fingerprint density at radius 2 is 1.91 bits per heavy atom. The van der Waals surface area contributed by atoms with Gasteiger partial charge in [0, 0.05) is 13.1 Å². The second-order valence-corrected chi connectivity index (χ2v) is 9.08. The molecule has 0 aliphatic rings. The van der Waals surface area contributed by atoms with E-state index in [9.17, 15) is 14.4 Å². The van der Waals surface area contributed by atoms with Crippen molar-refractivity contribution in [2.24, 2.45) is 11.7 Å². The van der Waals surface area contributed by atoms with E-state index in [2.05, 4.69) is 23.5 Å². The number of rotatable bonds is 11. The highest BCUT2D eigenvalue weighted by Gasteiger charge is 2.36. The maximum absolute atomic E-state index is 13.8. The van der Waals surface area contributed by atoms with E-state index in [1.807, 2.05) is 0 Å². The molecule has 0 radical (unpaired) electrons. The Labute approximate surface area is 207 Å². The van der Waals surface area contributed by atoms with Crippen LogP contribution in [0.4, 0.5) is 5.69 Å². The summed E-state index contributed by atoms with van der Waals surface area (Å²) >= 11 is 0.756. The first-order valence-corrected chi connectivity index (χ1v) is 11.8. The molecule has 11 heteroatoms. The molecule has 0 unspecified atom stereocenters. The number of furan rings is 1. The number of anilines is 1. The van der Waals surface area contributed by atoms with Crippen molar-refractivity contribution in [2.45, 2.75) is 32.9 Å². The minimum Gasteiger partial charge on any atom is -0.497 e.